The SMILES string of the molecule is Cn1cc(CN2CC3CN(Cc4cccc(F)c4)CC3C2)cn1. The maximum absolute atomic E-state index is 13.3. The Morgan fingerprint density at radius 3 is 2.26 bits per heavy atom. The van der Waals surface area contributed by atoms with E-state index in [1.807, 2.05) is 24.0 Å². The van der Waals surface area contributed by atoms with Crippen molar-refractivity contribution in [2.45, 2.75) is 13.1 Å². The van der Waals surface area contributed by atoms with Crippen LogP contribution in [0, 0.1) is 17.7 Å². The van der Waals surface area contributed by atoms with Crippen molar-refractivity contribution in [3.8, 4) is 0 Å². The maximum atomic E-state index is 13.3. The number of fused-ring (bicyclic) bond motifs is 1. The first kappa shape index (κ1) is 14.8. The monoisotopic (exact) mass is 314 g/mol. The molecule has 3 heterocycles. The Morgan fingerprint density at radius 1 is 1.04 bits per heavy atom. The molecule has 2 aliphatic heterocycles. The number of hydrogen-bond acceptors (Lipinski definition) is 3. The largest absolute Gasteiger partial charge is 0.298 e. The van der Waals surface area contributed by atoms with Gasteiger partial charge >= 0.3 is 0 Å². The summed E-state index contributed by atoms with van der Waals surface area (Å²) >= 11 is 0. The quantitative estimate of drug-likeness (QED) is 0.864. The third-order valence-corrected chi connectivity index (χ3v) is 5.10. The molecule has 0 amide bonds. The number of nitrogens with zero attached hydrogens (tertiary/aromatic N) is 4. The summed E-state index contributed by atoms with van der Waals surface area (Å²) in [6, 6.07) is 6.99. The van der Waals surface area contributed by atoms with E-state index >= 15 is 0 Å². The minimum atomic E-state index is -0.135. The second-order valence-electron chi connectivity index (χ2n) is 7.06. The van der Waals surface area contributed by atoms with Gasteiger partial charge in [0.15, 0.2) is 0 Å². The van der Waals surface area contributed by atoms with Gasteiger partial charge in [-0.15, -0.1) is 0 Å². The number of benzene rings is 1. The third kappa shape index (κ3) is 3.31. The summed E-state index contributed by atoms with van der Waals surface area (Å²) in [5, 5.41) is 4.25. The molecule has 2 saturated heterocycles. The molecule has 23 heavy (non-hydrogen) atoms. The van der Waals surface area contributed by atoms with E-state index in [1.54, 1.807) is 12.1 Å². The fraction of sp³-hybridized carbons (Fsp3) is 0.500. The number of rotatable bonds is 4. The van der Waals surface area contributed by atoms with Gasteiger partial charge in [-0.2, -0.15) is 5.10 Å². The molecule has 2 aliphatic rings. The molecule has 1 aromatic heterocycles. The first-order valence-electron chi connectivity index (χ1n) is 8.32. The molecule has 5 heteroatoms. The van der Waals surface area contributed by atoms with E-state index in [4.69, 9.17) is 0 Å². The Labute approximate surface area is 136 Å². The van der Waals surface area contributed by atoms with Gasteiger partial charge in [0.05, 0.1) is 6.20 Å². The summed E-state index contributed by atoms with van der Waals surface area (Å²) < 4.78 is 15.2. The van der Waals surface area contributed by atoms with E-state index in [0.717, 1.165) is 43.6 Å². The molecule has 0 spiro atoms. The summed E-state index contributed by atoms with van der Waals surface area (Å²) in [5.74, 6) is 1.37. The van der Waals surface area contributed by atoms with Crippen LogP contribution in [0.3, 0.4) is 0 Å². The average Bonchev–Trinajstić information content (AvgIpc) is 3.14. The van der Waals surface area contributed by atoms with Crippen molar-refractivity contribution in [2.75, 3.05) is 26.2 Å². The normalized spacial score (nSPS) is 25.1. The fourth-order valence-corrected chi connectivity index (χ4v) is 4.15. The molecule has 1 aromatic carbocycles. The van der Waals surface area contributed by atoms with Crippen LogP contribution in [0.4, 0.5) is 4.39 Å². The van der Waals surface area contributed by atoms with Crippen LogP contribution in [0.1, 0.15) is 11.1 Å². The molecule has 0 radical (unpaired) electrons. The van der Waals surface area contributed by atoms with Crippen LogP contribution < -0.4 is 0 Å². The van der Waals surface area contributed by atoms with Gasteiger partial charge in [0.2, 0.25) is 0 Å². The van der Waals surface area contributed by atoms with Gasteiger partial charge in [-0.1, -0.05) is 12.1 Å². The van der Waals surface area contributed by atoms with E-state index in [-0.39, 0.29) is 5.82 Å². The lowest BCUT2D eigenvalue weighted by molar-refractivity contribution is 0.246. The highest BCUT2D eigenvalue weighted by Gasteiger charge is 2.39. The Hall–Kier alpha value is -1.72. The smallest absolute Gasteiger partial charge is 0.123 e. The predicted molar refractivity (Wildman–Crippen MR) is 87.1 cm³/mol. The Morgan fingerprint density at radius 2 is 1.70 bits per heavy atom. The molecule has 2 fully saturated rings. The summed E-state index contributed by atoms with van der Waals surface area (Å²) in [7, 11) is 1.96. The van der Waals surface area contributed by atoms with Gasteiger partial charge in [0.25, 0.3) is 0 Å². The van der Waals surface area contributed by atoms with Crippen molar-refractivity contribution >= 4 is 0 Å². The predicted octanol–water partition coefficient (Wildman–Crippen LogP) is 2.12. The van der Waals surface area contributed by atoms with E-state index in [0.29, 0.717) is 0 Å². The zero-order valence-corrected chi connectivity index (χ0v) is 13.5. The topological polar surface area (TPSA) is 24.3 Å². The molecular weight excluding hydrogens is 291 g/mol. The van der Waals surface area contributed by atoms with Crippen LogP contribution in [0.15, 0.2) is 36.7 Å². The van der Waals surface area contributed by atoms with E-state index in [2.05, 4.69) is 21.1 Å². The van der Waals surface area contributed by atoms with Crippen molar-refractivity contribution in [2.24, 2.45) is 18.9 Å². The molecule has 4 rings (SSSR count). The van der Waals surface area contributed by atoms with Crippen LogP contribution in [0.2, 0.25) is 0 Å². The zero-order chi connectivity index (χ0) is 15.8. The van der Waals surface area contributed by atoms with Crippen LogP contribution in [0.25, 0.3) is 0 Å². The highest BCUT2D eigenvalue weighted by atomic mass is 19.1. The lowest BCUT2D eigenvalue weighted by Gasteiger charge is -2.21. The molecular formula is C18H23FN4. The molecule has 0 N–H and O–H groups in total. The van der Waals surface area contributed by atoms with Gasteiger partial charge < -0.3 is 0 Å². The highest BCUT2D eigenvalue weighted by Crippen LogP contribution is 2.32. The van der Waals surface area contributed by atoms with E-state index in [1.165, 1.54) is 24.7 Å². The Kier molecular flexibility index (Phi) is 3.91. The summed E-state index contributed by atoms with van der Waals surface area (Å²) in [4.78, 5) is 5.03. The summed E-state index contributed by atoms with van der Waals surface area (Å²) in [5.41, 5.74) is 2.38. The van der Waals surface area contributed by atoms with Gasteiger partial charge in [-0.3, -0.25) is 14.5 Å². The molecule has 0 aliphatic carbocycles. The van der Waals surface area contributed by atoms with Crippen LogP contribution in [-0.2, 0) is 20.1 Å². The first-order chi connectivity index (χ1) is 11.2. The molecule has 122 valence electrons. The van der Waals surface area contributed by atoms with Crippen molar-refractivity contribution in [3.63, 3.8) is 0 Å². The minimum Gasteiger partial charge on any atom is -0.298 e. The number of aromatic nitrogens is 2. The van der Waals surface area contributed by atoms with E-state index in [9.17, 15) is 4.39 Å². The van der Waals surface area contributed by atoms with Gasteiger partial charge in [-0.25, -0.2) is 4.39 Å². The van der Waals surface area contributed by atoms with Crippen molar-refractivity contribution in [3.05, 3.63) is 53.6 Å². The second kappa shape index (κ2) is 6.06. The molecule has 4 nitrogen and oxygen atoms in total. The third-order valence-electron chi connectivity index (χ3n) is 5.10. The number of halogens is 1. The Bertz CT molecular complexity index is 669. The highest BCUT2D eigenvalue weighted by molar-refractivity contribution is 5.16. The summed E-state index contributed by atoms with van der Waals surface area (Å²) in [6.07, 6.45) is 4.06. The molecule has 0 saturated carbocycles. The summed E-state index contributed by atoms with van der Waals surface area (Å²) in [6.45, 7) is 6.46. The standard InChI is InChI=1S/C18H23FN4/c1-21-7-15(6-20-21)9-23-12-16-10-22(11-17(16)13-23)8-14-3-2-4-18(19)5-14/h2-7,16-17H,8-13H2,1H3. The molecule has 2 atom stereocenters. The van der Waals surface area contributed by atoms with Crippen LogP contribution >= 0.6 is 0 Å². The van der Waals surface area contributed by atoms with Gasteiger partial charge in [0.1, 0.15) is 5.82 Å². The lowest BCUT2D eigenvalue weighted by atomic mass is 10.0. The molecule has 2 aromatic rings. The van der Waals surface area contributed by atoms with Crippen LogP contribution in [0.5, 0.6) is 0 Å². The number of aryl methyl sites for hydroxylation is 1. The van der Waals surface area contributed by atoms with Crippen molar-refractivity contribution < 1.29 is 4.39 Å². The average molecular weight is 314 g/mol. The second-order valence-corrected chi connectivity index (χ2v) is 7.06. The van der Waals surface area contributed by atoms with E-state index < -0.39 is 0 Å². The van der Waals surface area contributed by atoms with Crippen molar-refractivity contribution in [1.82, 2.24) is 19.6 Å². The number of hydrogen-bond donors (Lipinski definition) is 0. The van der Waals surface area contributed by atoms with Crippen LogP contribution in [-0.4, -0.2) is 45.8 Å². The molecule has 2 unspecified atom stereocenters. The van der Waals surface area contributed by atoms with Gasteiger partial charge in [-0.05, 0) is 29.5 Å². The number of likely N-dealkylation sites (tertiary alicyclic amines) is 2. The van der Waals surface area contributed by atoms with Crippen molar-refractivity contribution in [1.29, 1.82) is 0 Å². The lowest BCUT2D eigenvalue weighted by Crippen LogP contribution is -2.28. The Balaban J connectivity index is 1.31. The fourth-order valence-electron chi connectivity index (χ4n) is 4.15. The minimum absolute atomic E-state index is 0.135. The zero-order valence-electron chi connectivity index (χ0n) is 13.5. The first-order valence-corrected chi connectivity index (χ1v) is 8.32. The van der Waals surface area contributed by atoms with Gasteiger partial charge in [0, 0.05) is 58.1 Å². The maximum Gasteiger partial charge on any atom is 0.123 e. The molecule has 0 bridgehead atoms.